The van der Waals surface area contributed by atoms with Crippen LogP contribution in [0.3, 0.4) is 0 Å². The number of nitrogens with one attached hydrogen (secondary N) is 2. The Balaban J connectivity index is 1.57. The number of aryl methyl sites for hydroxylation is 1. The Morgan fingerprint density at radius 3 is 2.65 bits per heavy atom. The molecule has 0 aliphatic heterocycles. The average Bonchev–Trinajstić information content (AvgIpc) is 3.22. The number of nitrogens with zero attached hydrogens (tertiary/aromatic N) is 1. The van der Waals surface area contributed by atoms with Gasteiger partial charge in [-0.3, -0.25) is 9.89 Å². The molecule has 3 rings (SSSR count). The van der Waals surface area contributed by atoms with E-state index in [0.717, 1.165) is 17.7 Å². The van der Waals surface area contributed by atoms with Crippen LogP contribution >= 0.6 is 0 Å². The van der Waals surface area contributed by atoms with Gasteiger partial charge in [-0.2, -0.15) is 5.10 Å². The molecule has 0 unspecified atom stereocenters. The third-order valence-corrected chi connectivity index (χ3v) is 3.73. The van der Waals surface area contributed by atoms with E-state index in [2.05, 4.69) is 46.7 Å². The zero-order valence-electron chi connectivity index (χ0n) is 11.6. The Kier molecular flexibility index (Phi) is 3.54. The molecule has 1 aromatic heterocycles. The standard InChI is InChI=1S/C16H19N3O/c1-2-11-3-5-12(6-4-11)10-17-16(20)15-9-14(18-19-15)13-7-8-13/h3-6,9,13H,2,7-8,10H2,1H3,(H,17,20)(H,18,19). The summed E-state index contributed by atoms with van der Waals surface area (Å²) in [5, 5.41) is 9.93. The number of carbonyl (C=O) groups is 1. The summed E-state index contributed by atoms with van der Waals surface area (Å²) in [5.74, 6) is 0.471. The Bertz CT molecular complexity index is 596. The second-order valence-corrected chi connectivity index (χ2v) is 5.34. The maximum Gasteiger partial charge on any atom is 0.272 e. The summed E-state index contributed by atoms with van der Waals surface area (Å²) >= 11 is 0. The minimum atomic E-state index is -0.118. The second kappa shape index (κ2) is 5.49. The lowest BCUT2D eigenvalue weighted by molar-refractivity contribution is 0.0946. The zero-order valence-corrected chi connectivity index (χ0v) is 11.6. The van der Waals surface area contributed by atoms with Gasteiger partial charge in [0.05, 0.1) is 0 Å². The van der Waals surface area contributed by atoms with Crippen LogP contribution in [0.1, 0.15) is 53.0 Å². The Hall–Kier alpha value is -2.10. The van der Waals surface area contributed by atoms with Crippen LogP contribution < -0.4 is 5.32 Å². The summed E-state index contributed by atoms with van der Waals surface area (Å²) in [6.45, 7) is 2.67. The van der Waals surface area contributed by atoms with E-state index in [-0.39, 0.29) is 5.91 Å². The molecule has 1 aromatic carbocycles. The maximum atomic E-state index is 12.0. The van der Waals surface area contributed by atoms with E-state index in [1.165, 1.54) is 18.4 Å². The molecule has 2 aromatic rings. The van der Waals surface area contributed by atoms with E-state index < -0.39 is 0 Å². The number of benzene rings is 1. The first-order chi connectivity index (χ1) is 9.76. The molecule has 20 heavy (non-hydrogen) atoms. The van der Waals surface area contributed by atoms with Crippen LogP contribution in [0.5, 0.6) is 0 Å². The van der Waals surface area contributed by atoms with E-state index in [0.29, 0.717) is 18.2 Å². The predicted molar refractivity (Wildman–Crippen MR) is 77.6 cm³/mol. The van der Waals surface area contributed by atoms with Gasteiger partial charge in [0.2, 0.25) is 0 Å². The fourth-order valence-corrected chi connectivity index (χ4v) is 2.22. The molecule has 0 saturated heterocycles. The average molecular weight is 269 g/mol. The van der Waals surface area contributed by atoms with E-state index in [1.54, 1.807) is 0 Å². The Labute approximate surface area is 118 Å². The third-order valence-electron chi connectivity index (χ3n) is 3.73. The van der Waals surface area contributed by atoms with Crippen molar-refractivity contribution >= 4 is 5.91 Å². The molecule has 1 saturated carbocycles. The summed E-state index contributed by atoms with van der Waals surface area (Å²) < 4.78 is 0. The van der Waals surface area contributed by atoms with Crippen molar-refractivity contribution in [2.24, 2.45) is 0 Å². The van der Waals surface area contributed by atoms with Crippen LogP contribution in [0.4, 0.5) is 0 Å². The molecule has 0 spiro atoms. The lowest BCUT2D eigenvalue weighted by Gasteiger charge is -2.04. The van der Waals surface area contributed by atoms with Gasteiger partial charge in [0.1, 0.15) is 5.69 Å². The largest absolute Gasteiger partial charge is 0.347 e. The molecular formula is C16H19N3O. The molecule has 0 radical (unpaired) electrons. The minimum Gasteiger partial charge on any atom is -0.347 e. The fourth-order valence-electron chi connectivity index (χ4n) is 2.22. The molecule has 0 atom stereocenters. The van der Waals surface area contributed by atoms with Gasteiger partial charge in [0.25, 0.3) is 5.91 Å². The van der Waals surface area contributed by atoms with Crippen molar-refractivity contribution in [2.75, 3.05) is 0 Å². The van der Waals surface area contributed by atoms with Gasteiger partial charge in [-0.25, -0.2) is 0 Å². The van der Waals surface area contributed by atoms with Gasteiger partial charge in [0, 0.05) is 18.2 Å². The Morgan fingerprint density at radius 2 is 2.00 bits per heavy atom. The molecule has 104 valence electrons. The van der Waals surface area contributed by atoms with Gasteiger partial charge in [0.15, 0.2) is 0 Å². The first-order valence-corrected chi connectivity index (χ1v) is 7.17. The Morgan fingerprint density at radius 1 is 1.30 bits per heavy atom. The van der Waals surface area contributed by atoms with Gasteiger partial charge in [-0.05, 0) is 36.5 Å². The van der Waals surface area contributed by atoms with E-state index >= 15 is 0 Å². The quantitative estimate of drug-likeness (QED) is 0.877. The number of rotatable bonds is 5. The van der Waals surface area contributed by atoms with Crippen molar-refractivity contribution in [3.8, 4) is 0 Å². The topological polar surface area (TPSA) is 57.8 Å². The van der Waals surface area contributed by atoms with Crippen molar-refractivity contribution < 1.29 is 4.79 Å². The van der Waals surface area contributed by atoms with E-state index in [1.807, 2.05) is 6.07 Å². The summed E-state index contributed by atoms with van der Waals surface area (Å²) in [6.07, 6.45) is 3.43. The van der Waals surface area contributed by atoms with Gasteiger partial charge in [-0.15, -0.1) is 0 Å². The summed E-state index contributed by atoms with van der Waals surface area (Å²) in [5.41, 5.74) is 3.98. The van der Waals surface area contributed by atoms with Crippen molar-refractivity contribution in [2.45, 2.75) is 38.6 Å². The van der Waals surface area contributed by atoms with Crippen molar-refractivity contribution in [3.05, 3.63) is 52.8 Å². The maximum absolute atomic E-state index is 12.0. The van der Waals surface area contributed by atoms with Crippen LogP contribution in [0.25, 0.3) is 0 Å². The number of carbonyl (C=O) groups excluding carboxylic acids is 1. The summed E-state index contributed by atoms with van der Waals surface area (Å²) in [4.78, 5) is 12.0. The summed E-state index contributed by atoms with van der Waals surface area (Å²) in [7, 11) is 0. The number of aromatic amines is 1. The highest BCUT2D eigenvalue weighted by atomic mass is 16.1. The lowest BCUT2D eigenvalue weighted by Crippen LogP contribution is -2.23. The van der Waals surface area contributed by atoms with Gasteiger partial charge in [-0.1, -0.05) is 31.2 Å². The summed E-state index contributed by atoms with van der Waals surface area (Å²) in [6, 6.07) is 10.2. The molecule has 0 bridgehead atoms. The second-order valence-electron chi connectivity index (χ2n) is 5.34. The molecular weight excluding hydrogens is 250 g/mol. The molecule has 4 nitrogen and oxygen atoms in total. The number of hydrogen-bond acceptors (Lipinski definition) is 2. The molecule has 1 fully saturated rings. The number of aromatic nitrogens is 2. The SMILES string of the molecule is CCc1ccc(CNC(=O)c2cc(C3CC3)[nH]n2)cc1. The third kappa shape index (κ3) is 2.90. The smallest absolute Gasteiger partial charge is 0.272 e. The number of amides is 1. The van der Waals surface area contributed by atoms with Crippen LogP contribution in [-0.4, -0.2) is 16.1 Å². The predicted octanol–water partition coefficient (Wildman–Crippen LogP) is 2.78. The zero-order chi connectivity index (χ0) is 13.9. The van der Waals surface area contributed by atoms with Crippen LogP contribution in [0.15, 0.2) is 30.3 Å². The first kappa shape index (κ1) is 12.9. The first-order valence-electron chi connectivity index (χ1n) is 7.17. The number of H-pyrrole nitrogens is 1. The van der Waals surface area contributed by atoms with Gasteiger partial charge < -0.3 is 5.32 Å². The molecule has 1 heterocycles. The monoisotopic (exact) mass is 269 g/mol. The van der Waals surface area contributed by atoms with E-state index in [4.69, 9.17) is 0 Å². The highest BCUT2D eigenvalue weighted by Gasteiger charge is 2.26. The van der Waals surface area contributed by atoms with Crippen LogP contribution in [-0.2, 0) is 13.0 Å². The molecule has 1 amide bonds. The fraction of sp³-hybridized carbons (Fsp3) is 0.375. The number of hydrogen-bond donors (Lipinski definition) is 2. The van der Waals surface area contributed by atoms with Crippen LogP contribution in [0.2, 0.25) is 0 Å². The molecule has 1 aliphatic rings. The molecule has 4 heteroatoms. The van der Waals surface area contributed by atoms with Crippen LogP contribution in [0, 0.1) is 0 Å². The molecule has 1 aliphatic carbocycles. The van der Waals surface area contributed by atoms with Crippen molar-refractivity contribution in [1.82, 2.24) is 15.5 Å². The van der Waals surface area contributed by atoms with Gasteiger partial charge >= 0.3 is 0 Å². The normalized spacial score (nSPS) is 14.2. The molecule has 2 N–H and O–H groups in total. The van der Waals surface area contributed by atoms with E-state index in [9.17, 15) is 4.79 Å². The highest BCUT2D eigenvalue weighted by molar-refractivity contribution is 5.92. The van der Waals surface area contributed by atoms with Crippen molar-refractivity contribution in [1.29, 1.82) is 0 Å². The minimum absolute atomic E-state index is 0.118. The highest BCUT2D eigenvalue weighted by Crippen LogP contribution is 2.38. The lowest BCUT2D eigenvalue weighted by atomic mass is 10.1. The van der Waals surface area contributed by atoms with Crippen molar-refractivity contribution in [3.63, 3.8) is 0 Å².